The van der Waals surface area contributed by atoms with Crippen LogP contribution in [0.15, 0.2) is 40.2 Å². The van der Waals surface area contributed by atoms with Gasteiger partial charge in [0.1, 0.15) is 0 Å². The van der Waals surface area contributed by atoms with Crippen LogP contribution in [0.5, 0.6) is 0 Å². The van der Waals surface area contributed by atoms with Crippen LogP contribution in [0.2, 0.25) is 5.02 Å². The SMILES string of the molecule is O=C(O)C(Cc1sccc1Br)c1ccccc1Cl. The maximum atomic E-state index is 11.4. The van der Waals surface area contributed by atoms with Crippen molar-refractivity contribution in [2.45, 2.75) is 12.3 Å². The molecule has 5 heteroatoms. The molecule has 1 heterocycles. The van der Waals surface area contributed by atoms with Crippen molar-refractivity contribution in [3.63, 3.8) is 0 Å². The molecule has 1 atom stereocenters. The van der Waals surface area contributed by atoms with Crippen LogP contribution in [-0.4, -0.2) is 11.1 Å². The molecule has 1 unspecified atom stereocenters. The third-order valence-electron chi connectivity index (χ3n) is 2.66. The molecule has 1 aromatic heterocycles. The third kappa shape index (κ3) is 2.94. The molecule has 0 bridgehead atoms. The first-order valence-electron chi connectivity index (χ1n) is 5.28. The van der Waals surface area contributed by atoms with Crippen molar-refractivity contribution < 1.29 is 9.90 Å². The zero-order chi connectivity index (χ0) is 13.1. The van der Waals surface area contributed by atoms with Crippen LogP contribution >= 0.6 is 38.9 Å². The summed E-state index contributed by atoms with van der Waals surface area (Å²) in [5.74, 6) is -1.47. The van der Waals surface area contributed by atoms with Gasteiger partial charge < -0.3 is 5.11 Å². The molecule has 0 saturated carbocycles. The topological polar surface area (TPSA) is 37.3 Å². The minimum absolute atomic E-state index is 0.442. The molecule has 1 N–H and O–H groups in total. The van der Waals surface area contributed by atoms with Crippen molar-refractivity contribution in [1.82, 2.24) is 0 Å². The van der Waals surface area contributed by atoms with Gasteiger partial charge in [-0.05, 0) is 39.0 Å². The Bertz CT molecular complexity index is 568. The number of hydrogen-bond donors (Lipinski definition) is 1. The number of hydrogen-bond acceptors (Lipinski definition) is 2. The van der Waals surface area contributed by atoms with Crippen molar-refractivity contribution in [3.05, 3.63) is 55.6 Å². The zero-order valence-electron chi connectivity index (χ0n) is 9.27. The van der Waals surface area contributed by atoms with E-state index in [4.69, 9.17) is 11.6 Å². The van der Waals surface area contributed by atoms with Gasteiger partial charge in [0.05, 0.1) is 5.92 Å². The first kappa shape index (κ1) is 13.6. The van der Waals surface area contributed by atoms with E-state index in [1.807, 2.05) is 11.4 Å². The lowest BCUT2D eigenvalue weighted by atomic mass is 9.95. The second-order valence-electron chi connectivity index (χ2n) is 3.81. The minimum Gasteiger partial charge on any atom is -0.481 e. The van der Waals surface area contributed by atoms with Crippen LogP contribution in [0.1, 0.15) is 16.4 Å². The van der Waals surface area contributed by atoms with Crippen LogP contribution in [-0.2, 0) is 11.2 Å². The van der Waals surface area contributed by atoms with Crippen molar-refractivity contribution >= 4 is 44.8 Å². The molecular weight excluding hydrogens is 336 g/mol. The number of thiophene rings is 1. The van der Waals surface area contributed by atoms with E-state index in [0.29, 0.717) is 17.0 Å². The van der Waals surface area contributed by atoms with Gasteiger partial charge in [0, 0.05) is 20.8 Å². The van der Waals surface area contributed by atoms with E-state index >= 15 is 0 Å². The van der Waals surface area contributed by atoms with Gasteiger partial charge >= 0.3 is 5.97 Å². The van der Waals surface area contributed by atoms with Gasteiger partial charge in [-0.25, -0.2) is 0 Å². The van der Waals surface area contributed by atoms with E-state index in [1.54, 1.807) is 35.6 Å². The van der Waals surface area contributed by atoms with Gasteiger partial charge in [0.2, 0.25) is 0 Å². The van der Waals surface area contributed by atoms with E-state index in [-0.39, 0.29) is 0 Å². The number of rotatable bonds is 4. The lowest BCUT2D eigenvalue weighted by Gasteiger charge is -2.13. The number of benzene rings is 1. The summed E-state index contributed by atoms with van der Waals surface area (Å²) in [6.45, 7) is 0. The number of carboxylic acid groups (broad SMARTS) is 1. The summed E-state index contributed by atoms with van der Waals surface area (Å²) in [6.07, 6.45) is 0.442. The van der Waals surface area contributed by atoms with Gasteiger partial charge in [-0.3, -0.25) is 4.79 Å². The summed E-state index contributed by atoms with van der Waals surface area (Å²) in [6, 6.07) is 9.01. The maximum absolute atomic E-state index is 11.4. The Hall–Kier alpha value is -0.840. The Labute approximate surface area is 122 Å². The Morgan fingerprint density at radius 1 is 1.39 bits per heavy atom. The van der Waals surface area contributed by atoms with Crippen molar-refractivity contribution in [2.24, 2.45) is 0 Å². The Kier molecular flexibility index (Phi) is 4.43. The fourth-order valence-electron chi connectivity index (χ4n) is 1.74. The molecule has 0 amide bonds. The highest BCUT2D eigenvalue weighted by Gasteiger charge is 2.23. The van der Waals surface area contributed by atoms with E-state index in [1.165, 1.54) is 0 Å². The highest BCUT2D eigenvalue weighted by molar-refractivity contribution is 9.10. The zero-order valence-corrected chi connectivity index (χ0v) is 12.4. The summed E-state index contributed by atoms with van der Waals surface area (Å²) in [5, 5.41) is 11.8. The molecule has 94 valence electrons. The average molecular weight is 346 g/mol. The lowest BCUT2D eigenvalue weighted by molar-refractivity contribution is -0.138. The number of carboxylic acids is 1. The number of aliphatic carboxylic acids is 1. The van der Waals surface area contributed by atoms with Crippen LogP contribution in [0.25, 0.3) is 0 Å². The van der Waals surface area contributed by atoms with Gasteiger partial charge in [0.25, 0.3) is 0 Å². The van der Waals surface area contributed by atoms with Crippen LogP contribution < -0.4 is 0 Å². The molecule has 2 nitrogen and oxygen atoms in total. The molecule has 0 saturated heterocycles. The summed E-state index contributed by atoms with van der Waals surface area (Å²) in [5.41, 5.74) is 0.659. The first-order chi connectivity index (χ1) is 8.59. The van der Waals surface area contributed by atoms with Crippen molar-refractivity contribution in [1.29, 1.82) is 0 Å². The van der Waals surface area contributed by atoms with E-state index in [0.717, 1.165) is 9.35 Å². The molecule has 0 aliphatic rings. The minimum atomic E-state index is -0.858. The van der Waals surface area contributed by atoms with E-state index in [9.17, 15) is 9.90 Å². The fourth-order valence-corrected chi connectivity index (χ4v) is 3.57. The van der Waals surface area contributed by atoms with Crippen LogP contribution in [0, 0.1) is 0 Å². The summed E-state index contributed by atoms with van der Waals surface area (Å²) in [7, 11) is 0. The Morgan fingerprint density at radius 3 is 2.67 bits per heavy atom. The van der Waals surface area contributed by atoms with E-state index in [2.05, 4.69) is 15.9 Å². The molecule has 0 radical (unpaired) electrons. The summed E-state index contributed by atoms with van der Waals surface area (Å²) in [4.78, 5) is 12.4. The molecule has 0 aliphatic carbocycles. The van der Waals surface area contributed by atoms with Crippen molar-refractivity contribution in [3.8, 4) is 0 Å². The summed E-state index contributed by atoms with van der Waals surface area (Å²) < 4.78 is 0.950. The normalized spacial score (nSPS) is 12.3. The van der Waals surface area contributed by atoms with Gasteiger partial charge in [-0.2, -0.15) is 0 Å². The summed E-state index contributed by atoms with van der Waals surface area (Å²) >= 11 is 11.0. The molecular formula is C13H10BrClO2S. The molecule has 0 fully saturated rings. The maximum Gasteiger partial charge on any atom is 0.311 e. The predicted molar refractivity (Wildman–Crippen MR) is 77.6 cm³/mol. The second kappa shape index (κ2) is 5.87. The van der Waals surface area contributed by atoms with Gasteiger partial charge in [-0.15, -0.1) is 11.3 Å². The van der Waals surface area contributed by atoms with Crippen LogP contribution in [0.3, 0.4) is 0 Å². The highest BCUT2D eigenvalue weighted by Crippen LogP contribution is 2.32. The largest absolute Gasteiger partial charge is 0.481 e. The molecule has 1 aromatic carbocycles. The first-order valence-corrected chi connectivity index (χ1v) is 7.33. The molecule has 2 aromatic rings. The third-order valence-corrected chi connectivity index (χ3v) is 4.95. The van der Waals surface area contributed by atoms with E-state index < -0.39 is 11.9 Å². The quantitative estimate of drug-likeness (QED) is 0.881. The molecule has 0 spiro atoms. The molecule has 18 heavy (non-hydrogen) atoms. The average Bonchev–Trinajstić information content (AvgIpc) is 2.73. The monoisotopic (exact) mass is 344 g/mol. The number of carbonyl (C=O) groups is 1. The van der Waals surface area contributed by atoms with Crippen molar-refractivity contribution in [2.75, 3.05) is 0 Å². The Balaban J connectivity index is 2.33. The second-order valence-corrected chi connectivity index (χ2v) is 6.07. The van der Waals surface area contributed by atoms with Crippen LogP contribution in [0.4, 0.5) is 0 Å². The number of halogens is 2. The smallest absolute Gasteiger partial charge is 0.311 e. The Morgan fingerprint density at radius 2 is 2.11 bits per heavy atom. The lowest BCUT2D eigenvalue weighted by Crippen LogP contribution is -2.14. The molecule has 0 aliphatic heterocycles. The molecule has 2 rings (SSSR count). The predicted octanol–water partition coefficient (Wildman–Crippen LogP) is 4.57. The fraction of sp³-hybridized carbons (Fsp3) is 0.154. The van der Waals surface area contributed by atoms with Gasteiger partial charge in [-0.1, -0.05) is 29.8 Å². The highest BCUT2D eigenvalue weighted by atomic mass is 79.9. The van der Waals surface area contributed by atoms with Gasteiger partial charge in [0.15, 0.2) is 0 Å². The standard InChI is InChI=1S/C13H10BrClO2S/c14-10-5-6-18-12(10)7-9(13(16)17)8-3-1-2-4-11(8)15/h1-6,9H,7H2,(H,16,17).